The third-order valence-electron chi connectivity index (χ3n) is 3.03. The molecule has 0 saturated carbocycles. The molecule has 5 heteroatoms. The highest BCUT2D eigenvalue weighted by Gasteiger charge is 2.08. The van der Waals surface area contributed by atoms with Crippen molar-refractivity contribution in [3.05, 3.63) is 42.2 Å². The van der Waals surface area contributed by atoms with E-state index in [0.29, 0.717) is 17.2 Å². The number of nitrogen functional groups attached to an aromatic ring is 1. The summed E-state index contributed by atoms with van der Waals surface area (Å²) in [5.41, 5.74) is 8.70. The van der Waals surface area contributed by atoms with Gasteiger partial charge in [0.25, 0.3) is 0 Å². The van der Waals surface area contributed by atoms with E-state index in [1.165, 1.54) is 5.56 Å². The molecule has 0 atom stereocenters. The van der Waals surface area contributed by atoms with E-state index in [0.717, 1.165) is 18.7 Å². The lowest BCUT2D eigenvalue weighted by Gasteiger charge is -2.14. The summed E-state index contributed by atoms with van der Waals surface area (Å²) in [6, 6.07) is 7.60. The quantitative estimate of drug-likeness (QED) is 0.791. The number of pyridine rings is 1. The summed E-state index contributed by atoms with van der Waals surface area (Å²) >= 11 is 0. The molecule has 0 fully saturated rings. The molecule has 0 aliphatic carbocycles. The molecule has 3 N–H and O–H groups in total. The molecule has 0 bridgehead atoms. The monoisotopic (exact) mass is 273 g/mol. The minimum atomic E-state index is 0.629. The first-order valence-electron chi connectivity index (χ1n) is 6.39. The van der Waals surface area contributed by atoms with Crippen molar-refractivity contribution in [3.8, 4) is 11.5 Å². The first-order valence-corrected chi connectivity index (χ1v) is 6.39. The van der Waals surface area contributed by atoms with Crippen LogP contribution in [0.15, 0.2) is 36.7 Å². The molecule has 106 valence electrons. The molecule has 0 amide bonds. The van der Waals surface area contributed by atoms with E-state index in [1.807, 2.05) is 18.2 Å². The van der Waals surface area contributed by atoms with Crippen molar-refractivity contribution in [2.75, 3.05) is 31.8 Å². The van der Waals surface area contributed by atoms with E-state index in [-0.39, 0.29) is 0 Å². The van der Waals surface area contributed by atoms with Gasteiger partial charge in [-0.25, -0.2) is 0 Å². The van der Waals surface area contributed by atoms with Crippen LogP contribution in [-0.4, -0.2) is 25.7 Å². The second-order valence-corrected chi connectivity index (χ2v) is 4.33. The molecular formula is C15H19N3O2. The normalized spacial score (nSPS) is 10.1. The first-order chi connectivity index (χ1) is 9.74. The zero-order chi connectivity index (χ0) is 14.4. The van der Waals surface area contributed by atoms with Crippen LogP contribution < -0.4 is 20.5 Å². The highest BCUT2D eigenvalue weighted by molar-refractivity contribution is 5.72. The standard InChI is InChI=1S/C15H19N3O2/c1-19-14-9-12(16)13(10-15(14)20-2)18-8-5-11-3-6-17-7-4-11/h3-4,6-7,9-10,18H,5,8,16H2,1-2H3. The number of ether oxygens (including phenoxy) is 2. The van der Waals surface area contributed by atoms with Crippen LogP contribution in [0.4, 0.5) is 11.4 Å². The second kappa shape index (κ2) is 6.65. The molecule has 0 aliphatic heterocycles. The lowest BCUT2D eigenvalue weighted by Crippen LogP contribution is -2.07. The maximum Gasteiger partial charge on any atom is 0.162 e. The molecule has 1 heterocycles. The molecule has 5 nitrogen and oxygen atoms in total. The third kappa shape index (κ3) is 3.32. The maximum absolute atomic E-state index is 5.99. The van der Waals surface area contributed by atoms with Gasteiger partial charge in [0.15, 0.2) is 11.5 Å². The zero-order valence-electron chi connectivity index (χ0n) is 11.7. The Morgan fingerprint density at radius 3 is 2.40 bits per heavy atom. The number of nitrogens with zero attached hydrogens (tertiary/aromatic N) is 1. The molecule has 0 aliphatic rings. The van der Waals surface area contributed by atoms with Gasteiger partial charge >= 0.3 is 0 Å². The van der Waals surface area contributed by atoms with Crippen LogP contribution in [-0.2, 0) is 6.42 Å². The molecule has 2 aromatic rings. The Morgan fingerprint density at radius 1 is 1.10 bits per heavy atom. The molecule has 20 heavy (non-hydrogen) atoms. The predicted octanol–water partition coefficient (Wildman–Crippen LogP) is 2.34. The summed E-state index contributed by atoms with van der Waals surface area (Å²) in [6.07, 6.45) is 4.48. The number of nitrogens with two attached hydrogens (primary N) is 1. The number of methoxy groups -OCH3 is 2. The number of rotatable bonds is 6. The maximum atomic E-state index is 5.99. The Morgan fingerprint density at radius 2 is 1.75 bits per heavy atom. The Bertz CT molecular complexity index is 559. The number of nitrogens with one attached hydrogen (secondary N) is 1. The zero-order valence-corrected chi connectivity index (χ0v) is 11.7. The molecule has 0 unspecified atom stereocenters. The Labute approximate surface area is 118 Å². The molecule has 0 radical (unpaired) electrons. The SMILES string of the molecule is COc1cc(N)c(NCCc2ccncc2)cc1OC. The van der Waals surface area contributed by atoms with Gasteiger partial charge in [-0.2, -0.15) is 0 Å². The number of benzene rings is 1. The van der Waals surface area contributed by atoms with Gasteiger partial charge in [0.1, 0.15) is 0 Å². The van der Waals surface area contributed by atoms with Crippen LogP contribution >= 0.6 is 0 Å². The van der Waals surface area contributed by atoms with Crippen molar-refractivity contribution in [1.82, 2.24) is 4.98 Å². The summed E-state index contributed by atoms with van der Waals surface area (Å²) in [5.74, 6) is 1.29. The fourth-order valence-electron chi connectivity index (χ4n) is 1.94. The van der Waals surface area contributed by atoms with Crippen LogP contribution in [0.25, 0.3) is 0 Å². The fraction of sp³-hybridized carbons (Fsp3) is 0.267. The van der Waals surface area contributed by atoms with E-state index < -0.39 is 0 Å². The summed E-state index contributed by atoms with van der Waals surface area (Å²) in [6.45, 7) is 0.781. The summed E-state index contributed by atoms with van der Waals surface area (Å²) in [7, 11) is 3.20. The topological polar surface area (TPSA) is 69.4 Å². The van der Waals surface area contributed by atoms with E-state index in [2.05, 4.69) is 10.3 Å². The summed E-state index contributed by atoms with van der Waals surface area (Å²) < 4.78 is 10.5. The summed E-state index contributed by atoms with van der Waals surface area (Å²) in [5, 5.41) is 3.31. The molecule has 1 aromatic heterocycles. The van der Waals surface area contributed by atoms with Crippen molar-refractivity contribution in [2.24, 2.45) is 0 Å². The van der Waals surface area contributed by atoms with Gasteiger partial charge in [0, 0.05) is 31.1 Å². The van der Waals surface area contributed by atoms with E-state index in [4.69, 9.17) is 15.2 Å². The van der Waals surface area contributed by atoms with E-state index in [1.54, 1.807) is 32.7 Å². The minimum Gasteiger partial charge on any atom is -0.493 e. The highest BCUT2D eigenvalue weighted by Crippen LogP contribution is 2.34. The van der Waals surface area contributed by atoms with Crippen molar-refractivity contribution in [1.29, 1.82) is 0 Å². The lowest BCUT2D eigenvalue weighted by atomic mass is 10.2. The van der Waals surface area contributed by atoms with Crippen LogP contribution in [0.1, 0.15) is 5.56 Å². The highest BCUT2D eigenvalue weighted by atomic mass is 16.5. The molecule has 1 aromatic carbocycles. The largest absolute Gasteiger partial charge is 0.493 e. The number of anilines is 2. The van der Waals surface area contributed by atoms with Crippen LogP contribution in [0, 0.1) is 0 Å². The van der Waals surface area contributed by atoms with Gasteiger partial charge in [0.2, 0.25) is 0 Å². The third-order valence-corrected chi connectivity index (χ3v) is 3.03. The van der Waals surface area contributed by atoms with Gasteiger partial charge in [-0.3, -0.25) is 4.98 Å². The first kappa shape index (κ1) is 14.0. The van der Waals surface area contributed by atoms with Crippen LogP contribution in [0.3, 0.4) is 0 Å². The van der Waals surface area contributed by atoms with Crippen molar-refractivity contribution in [3.63, 3.8) is 0 Å². The molecule has 2 rings (SSSR count). The molecule has 0 saturated heterocycles. The Balaban J connectivity index is 2.02. The number of hydrogen-bond donors (Lipinski definition) is 2. The van der Waals surface area contributed by atoms with Crippen molar-refractivity contribution >= 4 is 11.4 Å². The van der Waals surface area contributed by atoms with Gasteiger partial charge in [-0.15, -0.1) is 0 Å². The lowest BCUT2D eigenvalue weighted by molar-refractivity contribution is 0.355. The number of aromatic nitrogens is 1. The smallest absolute Gasteiger partial charge is 0.162 e. The van der Waals surface area contributed by atoms with Crippen molar-refractivity contribution in [2.45, 2.75) is 6.42 Å². The second-order valence-electron chi connectivity index (χ2n) is 4.33. The average molecular weight is 273 g/mol. The predicted molar refractivity (Wildman–Crippen MR) is 80.4 cm³/mol. The van der Waals surface area contributed by atoms with Gasteiger partial charge in [-0.05, 0) is 24.1 Å². The Hall–Kier alpha value is -2.43. The average Bonchev–Trinajstić information content (AvgIpc) is 2.49. The van der Waals surface area contributed by atoms with E-state index >= 15 is 0 Å². The fourth-order valence-corrected chi connectivity index (χ4v) is 1.94. The van der Waals surface area contributed by atoms with Crippen LogP contribution in [0.5, 0.6) is 11.5 Å². The van der Waals surface area contributed by atoms with Gasteiger partial charge in [-0.1, -0.05) is 0 Å². The molecular weight excluding hydrogens is 254 g/mol. The van der Waals surface area contributed by atoms with Crippen molar-refractivity contribution < 1.29 is 9.47 Å². The summed E-state index contributed by atoms with van der Waals surface area (Å²) in [4.78, 5) is 4.00. The minimum absolute atomic E-state index is 0.629. The number of hydrogen-bond acceptors (Lipinski definition) is 5. The van der Waals surface area contributed by atoms with Crippen LogP contribution in [0.2, 0.25) is 0 Å². The molecule has 0 spiro atoms. The Kier molecular flexibility index (Phi) is 4.65. The van der Waals surface area contributed by atoms with E-state index in [9.17, 15) is 0 Å². The van der Waals surface area contributed by atoms with Gasteiger partial charge < -0.3 is 20.5 Å². The van der Waals surface area contributed by atoms with Gasteiger partial charge in [0.05, 0.1) is 25.6 Å².